The summed E-state index contributed by atoms with van der Waals surface area (Å²) >= 11 is 0. The van der Waals surface area contributed by atoms with Gasteiger partial charge in [-0.2, -0.15) is 0 Å². The summed E-state index contributed by atoms with van der Waals surface area (Å²) < 4.78 is 11.5. The van der Waals surface area contributed by atoms with Crippen LogP contribution in [0.4, 0.5) is 5.69 Å². The standard InChI is InChI=1S/C18H23N5O4/c1-2-15(17(24)25)23-20-16(19-21-23)13-3-5-14(6-4-13)22-9-7-18(8-10-22)26-11-12-27-18/h3-6,15H,2,7-12H2,1H3,(H,24,25). The number of tetrazole rings is 1. The second kappa shape index (κ2) is 7.24. The zero-order valence-corrected chi connectivity index (χ0v) is 15.2. The van der Waals surface area contributed by atoms with Crippen LogP contribution >= 0.6 is 0 Å². The highest BCUT2D eigenvalue weighted by atomic mass is 16.7. The second-order valence-corrected chi connectivity index (χ2v) is 6.84. The first-order valence-electron chi connectivity index (χ1n) is 9.26. The van der Waals surface area contributed by atoms with Crippen LogP contribution in [0.5, 0.6) is 0 Å². The zero-order valence-electron chi connectivity index (χ0n) is 15.2. The number of aromatic nitrogens is 4. The maximum Gasteiger partial charge on any atom is 0.330 e. The van der Waals surface area contributed by atoms with Crippen molar-refractivity contribution in [3.05, 3.63) is 24.3 Å². The lowest BCUT2D eigenvalue weighted by Gasteiger charge is -2.38. The molecule has 1 atom stereocenters. The molecule has 0 amide bonds. The first-order valence-corrected chi connectivity index (χ1v) is 9.26. The van der Waals surface area contributed by atoms with E-state index in [1.54, 1.807) is 6.92 Å². The molecule has 1 spiro atoms. The van der Waals surface area contributed by atoms with E-state index in [0.717, 1.165) is 42.0 Å². The number of anilines is 1. The van der Waals surface area contributed by atoms with Gasteiger partial charge in [0.1, 0.15) is 0 Å². The van der Waals surface area contributed by atoms with E-state index in [1.807, 2.05) is 24.3 Å². The summed E-state index contributed by atoms with van der Waals surface area (Å²) in [5.41, 5.74) is 1.93. The van der Waals surface area contributed by atoms with Gasteiger partial charge in [-0.25, -0.2) is 4.79 Å². The summed E-state index contributed by atoms with van der Waals surface area (Å²) in [6, 6.07) is 7.13. The summed E-state index contributed by atoms with van der Waals surface area (Å²) in [5, 5.41) is 21.3. The number of carboxylic acid groups (broad SMARTS) is 1. The molecule has 2 aliphatic rings. The van der Waals surface area contributed by atoms with Crippen molar-refractivity contribution >= 4 is 11.7 Å². The minimum atomic E-state index is -0.963. The lowest BCUT2D eigenvalue weighted by molar-refractivity contribution is -0.169. The largest absolute Gasteiger partial charge is 0.480 e. The Labute approximate surface area is 156 Å². The third-order valence-electron chi connectivity index (χ3n) is 5.21. The molecule has 2 fully saturated rings. The summed E-state index contributed by atoms with van der Waals surface area (Å²) in [6.07, 6.45) is 2.12. The number of hydrogen-bond donors (Lipinski definition) is 1. The van der Waals surface area contributed by atoms with Gasteiger partial charge in [-0.15, -0.1) is 15.0 Å². The molecule has 144 valence electrons. The predicted molar refractivity (Wildman–Crippen MR) is 96.3 cm³/mol. The molecule has 27 heavy (non-hydrogen) atoms. The van der Waals surface area contributed by atoms with Gasteiger partial charge >= 0.3 is 5.97 Å². The molecule has 1 aromatic carbocycles. The van der Waals surface area contributed by atoms with Gasteiger partial charge in [0.05, 0.1) is 13.2 Å². The Morgan fingerprint density at radius 3 is 2.48 bits per heavy atom. The Morgan fingerprint density at radius 2 is 1.89 bits per heavy atom. The highest BCUT2D eigenvalue weighted by molar-refractivity contribution is 5.71. The monoisotopic (exact) mass is 373 g/mol. The van der Waals surface area contributed by atoms with Gasteiger partial charge in [-0.1, -0.05) is 6.92 Å². The lowest BCUT2D eigenvalue weighted by Crippen LogP contribution is -2.45. The van der Waals surface area contributed by atoms with Crippen molar-refractivity contribution in [2.45, 2.75) is 38.0 Å². The van der Waals surface area contributed by atoms with Crippen LogP contribution in [0.15, 0.2) is 24.3 Å². The number of nitrogens with zero attached hydrogens (tertiary/aromatic N) is 5. The Bertz CT molecular complexity index is 790. The highest BCUT2D eigenvalue weighted by Crippen LogP contribution is 2.33. The van der Waals surface area contributed by atoms with Crippen LogP contribution in [0.1, 0.15) is 32.2 Å². The molecule has 3 heterocycles. The highest BCUT2D eigenvalue weighted by Gasteiger charge is 2.39. The van der Waals surface area contributed by atoms with Crippen molar-refractivity contribution in [1.29, 1.82) is 0 Å². The molecular formula is C18H23N5O4. The van der Waals surface area contributed by atoms with E-state index in [4.69, 9.17) is 9.47 Å². The van der Waals surface area contributed by atoms with Gasteiger partial charge in [0.15, 0.2) is 11.8 Å². The van der Waals surface area contributed by atoms with Crippen LogP contribution in [0, 0.1) is 0 Å². The average Bonchev–Trinajstić information content (AvgIpc) is 3.34. The van der Waals surface area contributed by atoms with Crippen LogP contribution in [-0.2, 0) is 14.3 Å². The zero-order chi connectivity index (χ0) is 18.9. The van der Waals surface area contributed by atoms with E-state index in [9.17, 15) is 9.90 Å². The molecule has 9 heteroatoms. The number of hydrogen-bond acceptors (Lipinski definition) is 7. The van der Waals surface area contributed by atoms with Crippen LogP contribution < -0.4 is 4.90 Å². The molecule has 1 N–H and O–H groups in total. The smallest absolute Gasteiger partial charge is 0.330 e. The van der Waals surface area contributed by atoms with Gasteiger partial charge < -0.3 is 19.5 Å². The lowest BCUT2D eigenvalue weighted by atomic mass is 10.0. The molecule has 2 aliphatic heterocycles. The molecule has 2 saturated heterocycles. The Balaban J connectivity index is 1.44. The quantitative estimate of drug-likeness (QED) is 0.845. The molecule has 0 radical (unpaired) electrons. The molecule has 0 saturated carbocycles. The van der Waals surface area contributed by atoms with Crippen molar-refractivity contribution in [3.8, 4) is 11.4 Å². The Hall–Kier alpha value is -2.52. The Kier molecular flexibility index (Phi) is 4.79. The third-order valence-corrected chi connectivity index (χ3v) is 5.21. The average molecular weight is 373 g/mol. The summed E-state index contributed by atoms with van der Waals surface area (Å²) in [6.45, 7) is 4.91. The van der Waals surface area contributed by atoms with E-state index in [-0.39, 0.29) is 5.79 Å². The fourth-order valence-corrected chi connectivity index (χ4v) is 3.62. The molecule has 0 aliphatic carbocycles. The number of benzene rings is 1. The minimum Gasteiger partial charge on any atom is -0.480 e. The van der Waals surface area contributed by atoms with E-state index in [1.165, 1.54) is 0 Å². The molecule has 9 nitrogen and oxygen atoms in total. The number of carbonyl (C=O) groups is 1. The van der Waals surface area contributed by atoms with Crippen LogP contribution in [-0.4, -0.2) is 63.4 Å². The van der Waals surface area contributed by atoms with Crippen molar-refractivity contribution in [1.82, 2.24) is 20.2 Å². The van der Waals surface area contributed by atoms with Gasteiger partial charge in [0, 0.05) is 37.2 Å². The summed E-state index contributed by atoms with van der Waals surface area (Å²) in [4.78, 5) is 14.7. The van der Waals surface area contributed by atoms with Crippen molar-refractivity contribution in [3.63, 3.8) is 0 Å². The van der Waals surface area contributed by atoms with Crippen LogP contribution in [0.3, 0.4) is 0 Å². The van der Waals surface area contributed by atoms with E-state index >= 15 is 0 Å². The second-order valence-electron chi connectivity index (χ2n) is 6.84. The maximum atomic E-state index is 11.2. The fraction of sp³-hybridized carbons (Fsp3) is 0.556. The molecule has 1 unspecified atom stereocenters. The number of carboxylic acids is 1. The normalized spacial score (nSPS) is 20.1. The fourth-order valence-electron chi connectivity index (χ4n) is 3.62. The first kappa shape index (κ1) is 17.9. The minimum absolute atomic E-state index is 0.376. The number of rotatable bonds is 5. The summed E-state index contributed by atoms with van der Waals surface area (Å²) in [5.74, 6) is -0.916. The molecule has 1 aromatic heterocycles. The summed E-state index contributed by atoms with van der Waals surface area (Å²) in [7, 11) is 0. The van der Waals surface area contributed by atoms with E-state index < -0.39 is 12.0 Å². The molecule has 4 rings (SSSR count). The number of ether oxygens (including phenoxy) is 2. The topological polar surface area (TPSA) is 103 Å². The van der Waals surface area contributed by atoms with E-state index in [2.05, 4.69) is 20.3 Å². The van der Waals surface area contributed by atoms with Gasteiger partial charge in [-0.05, 0) is 35.9 Å². The molecule has 2 aromatic rings. The molecular weight excluding hydrogens is 350 g/mol. The van der Waals surface area contributed by atoms with Crippen molar-refractivity contribution in [2.24, 2.45) is 0 Å². The van der Waals surface area contributed by atoms with E-state index in [0.29, 0.717) is 25.5 Å². The van der Waals surface area contributed by atoms with Crippen molar-refractivity contribution in [2.75, 3.05) is 31.2 Å². The molecule has 0 bridgehead atoms. The maximum absolute atomic E-state index is 11.2. The van der Waals surface area contributed by atoms with Crippen LogP contribution in [0.2, 0.25) is 0 Å². The Morgan fingerprint density at radius 1 is 1.22 bits per heavy atom. The third kappa shape index (κ3) is 3.52. The first-order chi connectivity index (χ1) is 13.1. The van der Waals surface area contributed by atoms with Gasteiger partial charge in [0.25, 0.3) is 0 Å². The SMILES string of the molecule is CCC(C(=O)O)n1nnc(-c2ccc(N3CCC4(CC3)OCCO4)cc2)n1. The predicted octanol–water partition coefficient (Wildman–Crippen LogP) is 1.72. The van der Waals surface area contributed by atoms with Crippen LogP contribution in [0.25, 0.3) is 11.4 Å². The number of piperidine rings is 1. The number of aliphatic carboxylic acids is 1. The van der Waals surface area contributed by atoms with Gasteiger partial charge in [-0.3, -0.25) is 0 Å². The van der Waals surface area contributed by atoms with Gasteiger partial charge in [0.2, 0.25) is 5.82 Å². The van der Waals surface area contributed by atoms with Crippen molar-refractivity contribution < 1.29 is 19.4 Å².